The molecular formula is C6H13N-. The molecule has 0 saturated heterocycles. The lowest BCUT2D eigenvalue weighted by Gasteiger charge is -2.07. The Bertz CT molecular complexity index is 35.2. The first-order valence-electron chi connectivity index (χ1n) is 2.73. The molecule has 0 aromatic rings. The molecule has 0 saturated carbocycles. The van der Waals surface area contributed by atoms with Crippen molar-refractivity contribution >= 4 is 0 Å². The smallest absolute Gasteiger partial charge is 0.0177 e. The van der Waals surface area contributed by atoms with Gasteiger partial charge in [0.15, 0.2) is 0 Å². The summed E-state index contributed by atoms with van der Waals surface area (Å²) >= 11 is 0. The van der Waals surface area contributed by atoms with Gasteiger partial charge in [-0.3, -0.25) is 7.05 Å². The third-order valence-corrected chi connectivity index (χ3v) is 1.14. The second kappa shape index (κ2) is 4.13. The molecule has 0 aromatic carbocycles. The molecule has 0 aliphatic carbocycles. The summed E-state index contributed by atoms with van der Waals surface area (Å²) in [5.74, 6) is 0.720. The van der Waals surface area contributed by atoms with Gasteiger partial charge in [-0.1, -0.05) is 20.3 Å². The van der Waals surface area contributed by atoms with E-state index in [-0.39, 0.29) is 0 Å². The van der Waals surface area contributed by atoms with Crippen LogP contribution in [0.5, 0.6) is 0 Å². The zero-order valence-electron chi connectivity index (χ0n) is 5.15. The van der Waals surface area contributed by atoms with Gasteiger partial charge >= 0.3 is 0 Å². The zero-order valence-corrected chi connectivity index (χ0v) is 5.15. The highest BCUT2D eigenvalue weighted by molar-refractivity contribution is 4.50. The summed E-state index contributed by atoms with van der Waals surface area (Å²) in [6.45, 7) is 5.25. The van der Waals surface area contributed by atoms with Crippen LogP contribution in [-0.2, 0) is 0 Å². The van der Waals surface area contributed by atoms with Gasteiger partial charge in [0.1, 0.15) is 0 Å². The number of hydrogen-bond donors (Lipinski definition) is 0. The molecule has 0 aromatic heterocycles. The minimum Gasteiger partial charge on any atom is -0.424 e. The molecule has 0 heterocycles. The van der Waals surface area contributed by atoms with Gasteiger partial charge in [0.05, 0.1) is 0 Å². The second-order valence-corrected chi connectivity index (χ2v) is 1.92. The lowest BCUT2D eigenvalue weighted by molar-refractivity contribution is 0.533. The van der Waals surface area contributed by atoms with Crippen molar-refractivity contribution < 1.29 is 0 Å². The molecule has 1 radical (unpaired) electrons. The maximum absolute atomic E-state index is 3.76. The van der Waals surface area contributed by atoms with E-state index in [0.717, 1.165) is 12.5 Å². The predicted molar refractivity (Wildman–Crippen MR) is 31.8 cm³/mol. The van der Waals surface area contributed by atoms with Crippen LogP contribution in [0.15, 0.2) is 0 Å². The highest BCUT2D eigenvalue weighted by atomic mass is 14.8. The standard InChI is InChI=1S/C6H13N/c1-4-6(2)5-7-3/h6H,3-5H2,1-2H3/q-1. The molecule has 0 amide bonds. The average molecular weight is 99.2 g/mol. The van der Waals surface area contributed by atoms with Crippen LogP contribution in [0, 0.1) is 13.0 Å². The van der Waals surface area contributed by atoms with Gasteiger partial charge in [-0.2, -0.15) is 0 Å². The Hall–Kier alpha value is -0.0400. The third kappa shape index (κ3) is 3.80. The number of hydrogen-bond acceptors (Lipinski definition) is 0. The van der Waals surface area contributed by atoms with Crippen molar-refractivity contribution in [3.8, 4) is 0 Å². The van der Waals surface area contributed by atoms with Gasteiger partial charge in [0.25, 0.3) is 0 Å². The largest absolute Gasteiger partial charge is 0.424 e. The molecule has 1 unspecified atom stereocenters. The van der Waals surface area contributed by atoms with Crippen LogP contribution in [0.2, 0.25) is 0 Å². The van der Waals surface area contributed by atoms with Crippen molar-refractivity contribution in [1.82, 2.24) is 5.32 Å². The van der Waals surface area contributed by atoms with E-state index in [2.05, 4.69) is 26.2 Å². The minimum atomic E-state index is 0.720. The first kappa shape index (κ1) is 6.96. The van der Waals surface area contributed by atoms with E-state index in [1.807, 2.05) is 0 Å². The molecule has 0 aliphatic heterocycles. The molecule has 7 heavy (non-hydrogen) atoms. The monoisotopic (exact) mass is 99.1 g/mol. The van der Waals surface area contributed by atoms with Crippen LogP contribution in [0.3, 0.4) is 0 Å². The molecule has 0 fully saturated rings. The maximum atomic E-state index is 3.76. The normalized spacial score (nSPS) is 14.1. The Morgan fingerprint density at radius 2 is 2.29 bits per heavy atom. The van der Waals surface area contributed by atoms with Gasteiger partial charge in [0.2, 0.25) is 0 Å². The first-order valence-corrected chi connectivity index (χ1v) is 2.73. The van der Waals surface area contributed by atoms with Crippen LogP contribution in [0.25, 0.3) is 0 Å². The molecule has 0 N–H and O–H groups in total. The van der Waals surface area contributed by atoms with Crippen molar-refractivity contribution in [1.29, 1.82) is 0 Å². The Morgan fingerprint density at radius 1 is 1.71 bits per heavy atom. The maximum Gasteiger partial charge on any atom is -0.0177 e. The topological polar surface area (TPSA) is 14.1 Å². The van der Waals surface area contributed by atoms with E-state index in [1.54, 1.807) is 0 Å². The molecule has 1 nitrogen and oxygen atoms in total. The highest BCUT2D eigenvalue weighted by Crippen LogP contribution is 1.96. The van der Waals surface area contributed by atoms with Crippen LogP contribution >= 0.6 is 0 Å². The number of rotatable bonds is 3. The molecule has 1 atom stereocenters. The Morgan fingerprint density at radius 3 is 2.43 bits per heavy atom. The fourth-order valence-corrected chi connectivity index (χ4v) is 0.349. The van der Waals surface area contributed by atoms with Crippen molar-refractivity contribution in [2.75, 3.05) is 6.54 Å². The summed E-state index contributed by atoms with van der Waals surface area (Å²) in [5.41, 5.74) is 0. The molecule has 0 aliphatic rings. The van der Waals surface area contributed by atoms with E-state index < -0.39 is 0 Å². The van der Waals surface area contributed by atoms with Crippen LogP contribution in [0.1, 0.15) is 20.3 Å². The SMILES string of the molecule is [CH2-][N]CC(C)CC. The minimum absolute atomic E-state index is 0.720. The van der Waals surface area contributed by atoms with Crippen molar-refractivity contribution in [3.05, 3.63) is 7.05 Å². The van der Waals surface area contributed by atoms with Crippen molar-refractivity contribution in [2.45, 2.75) is 20.3 Å². The second-order valence-electron chi connectivity index (χ2n) is 1.92. The van der Waals surface area contributed by atoms with Crippen LogP contribution in [-0.4, -0.2) is 6.54 Å². The third-order valence-electron chi connectivity index (χ3n) is 1.14. The Balaban J connectivity index is 2.83. The summed E-state index contributed by atoms with van der Waals surface area (Å²) in [4.78, 5) is 0. The van der Waals surface area contributed by atoms with Crippen LogP contribution in [0.4, 0.5) is 0 Å². The van der Waals surface area contributed by atoms with Crippen LogP contribution < -0.4 is 5.32 Å². The summed E-state index contributed by atoms with van der Waals surface area (Å²) in [6, 6.07) is 0. The van der Waals surface area contributed by atoms with E-state index in [1.165, 1.54) is 6.42 Å². The summed E-state index contributed by atoms with van der Waals surface area (Å²) in [6.07, 6.45) is 1.21. The highest BCUT2D eigenvalue weighted by Gasteiger charge is 1.90. The zero-order chi connectivity index (χ0) is 5.70. The fourth-order valence-electron chi connectivity index (χ4n) is 0.349. The van der Waals surface area contributed by atoms with Crippen molar-refractivity contribution in [3.63, 3.8) is 0 Å². The quantitative estimate of drug-likeness (QED) is 0.475. The molecule has 43 valence electrons. The molecule has 0 rings (SSSR count). The summed E-state index contributed by atoms with van der Waals surface area (Å²) < 4.78 is 0. The number of nitrogens with zero attached hydrogens (tertiary/aromatic N) is 1. The summed E-state index contributed by atoms with van der Waals surface area (Å²) in [7, 11) is 3.40. The average Bonchev–Trinajstić information content (AvgIpc) is 1.68. The van der Waals surface area contributed by atoms with Gasteiger partial charge in [-0.15, -0.1) is 0 Å². The Kier molecular flexibility index (Phi) is 4.10. The van der Waals surface area contributed by atoms with Gasteiger partial charge < -0.3 is 5.32 Å². The lowest BCUT2D eigenvalue weighted by Crippen LogP contribution is -2.06. The Labute approximate surface area is 46.1 Å². The molecular weight excluding hydrogens is 86.1 g/mol. The van der Waals surface area contributed by atoms with E-state index in [0.29, 0.717) is 0 Å². The summed E-state index contributed by atoms with van der Waals surface area (Å²) in [5, 5.41) is 3.76. The van der Waals surface area contributed by atoms with Gasteiger partial charge in [-0.25, -0.2) is 0 Å². The lowest BCUT2D eigenvalue weighted by atomic mass is 10.1. The molecule has 0 spiro atoms. The molecule has 0 bridgehead atoms. The van der Waals surface area contributed by atoms with E-state index in [9.17, 15) is 0 Å². The van der Waals surface area contributed by atoms with Gasteiger partial charge in [-0.05, 0) is 12.5 Å². The fraction of sp³-hybridized carbons (Fsp3) is 0.833. The van der Waals surface area contributed by atoms with E-state index in [4.69, 9.17) is 0 Å². The van der Waals surface area contributed by atoms with Gasteiger partial charge in [0, 0.05) is 0 Å². The first-order chi connectivity index (χ1) is 3.31. The van der Waals surface area contributed by atoms with Crippen molar-refractivity contribution in [2.24, 2.45) is 5.92 Å². The van der Waals surface area contributed by atoms with E-state index >= 15 is 0 Å². The predicted octanol–water partition coefficient (Wildman–Crippen LogP) is 1.43. The molecule has 1 heteroatoms.